The van der Waals surface area contributed by atoms with Crippen LogP contribution in [0.4, 0.5) is 0 Å². The lowest BCUT2D eigenvalue weighted by atomic mass is 10.1. The third-order valence-electron chi connectivity index (χ3n) is 1.33. The van der Waals surface area contributed by atoms with Crippen LogP contribution in [-0.2, 0) is 0 Å². The molecule has 0 fully saturated rings. The predicted molar refractivity (Wildman–Crippen MR) is 36.4 cm³/mol. The first-order chi connectivity index (χ1) is 4.75. The van der Waals surface area contributed by atoms with E-state index in [0.29, 0.717) is 11.3 Å². The molecule has 54 valence electrons. The summed E-state index contributed by atoms with van der Waals surface area (Å²) in [5.74, 6) is 0.632. The van der Waals surface area contributed by atoms with Gasteiger partial charge in [0.1, 0.15) is 11.9 Å². The van der Waals surface area contributed by atoms with E-state index in [-0.39, 0.29) is 0 Å². The quantitative estimate of drug-likeness (QED) is 0.626. The van der Waals surface area contributed by atoms with Gasteiger partial charge in [0.05, 0.1) is 6.20 Å². The molecule has 0 aliphatic carbocycles. The van der Waals surface area contributed by atoms with Crippen molar-refractivity contribution in [2.45, 2.75) is 13.0 Å². The van der Waals surface area contributed by atoms with Gasteiger partial charge in [-0.1, -0.05) is 11.2 Å². The molecule has 0 radical (unpaired) electrons. The fraction of sp³-hybridized carbons (Fsp3) is 0.286. The van der Waals surface area contributed by atoms with Crippen LogP contribution in [0.25, 0.3) is 0 Å². The molecule has 1 rings (SSSR count). The van der Waals surface area contributed by atoms with E-state index in [1.807, 2.05) is 0 Å². The van der Waals surface area contributed by atoms with Crippen LogP contribution < -0.4 is 0 Å². The number of hydrogen-bond acceptors (Lipinski definition) is 3. The highest BCUT2D eigenvalue weighted by molar-refractivity contribution is 5.18. The number of aliphatic hydroxyl groups excluding tert-OH is 1. The average Bonchev–Trinajstić information content (AvgIpc) is 2.34. The SMILES string of the molecule is C=CC(O)c1cnoc1C. The zero-order valence-electron chi connectivity index (χ0n) is 5.74. The Balaban J connectivity index is 2.92. The molecule has 1 aromatic rings. The van der Waals surface area contributed by atoms with Crippen LogP contribution in [0.2, 0.25) is 0 Å². The maximum Gasteiger partial charge on any atom is 0.139 e. The summed E-state index contributed by atoms with van der Waals surface area (Å²) in [6, 6.07) is 0. The first kappa shape index (κ1) is 7.02. The minimum Gasteiger partial charge on any atom is -0.384 e. The number of aliphatic hydroxyl groups is 1. The summed E-state index contributed by atoms with van der Waals surface area (Å²) in [6.45, 7) is 5.18. The first-order valence-corrected chi connectivity index (χ1v) is 2.97. The molecule has 0 bridgehead atoms. The van der Waals surface area contributed by atoms with E-state index in [1.165, 1.54) is 12.3 Å². The Labute approximate surface area is 59.0 Å². The Bertz CT molecular complexity index is 229. The molecule has 1 heterocycles. The average molecular weight is 139 g/mol. The van der Waals surface area contributed by atoms with Crippen molar-refractivity contribution in [2.24, 2.45) is 0 Å². The largest absolute Gasteiger partial charge is 0.384 e. The molecule has 0 aliphatic heterocycles. The van der Waals surface area contributed by atoms with E-state index in [0.717, 1.165) is 0 Å². The number of aromatic nitrogens is 1. The van der Waals surface area contributed by atoms with E-state index >= 15 is 0 Å². The Morgan fingerprint density at radius 1 is 1.90 bits per heavy atom. The number of rotatable bonds is 2. The van der Waals surface area contributed by atoms with Gasteiger partial charge in [-0.3, -0.25) is 0 Å². The van der Waals surface area contributed by atoms with Gasteiger partial charge in [-0.2, -0.15) is 0 Å². The van der Waals surface area contributed by atoms with Gasteiger partial charge in [-0.25, -0.2) is 0 Å². The molecule has 0 saturated heterocycles. The van der Waals surface area contributed by atoms with Gasteiger partial charge in [0.15, 0.2) is 0 Å². The van der Waals surface area contributed by atoms with Gasteiger partial charge in [0, 0.05) is 5.56 Å². The summed E-state index contributed by atoms with van der Waals surface area (Å²) in [5, 5.41) is 12.7. The standard InChI is InChI=1S/C7H9NO2/c1-3-7(9)6-4-8-10-5(6)2/h3-4,7,9H,1H2,2H3. The van der Waals surface area contributed by atoms with Gasteiger partial charge >= 0.3 is 0 Å². The summed E-state index contributed by atoms with van der Waals surface area (Å²) in [5.41, 5.74) is 0.676. The molecular formula is C7H9NO2. The highest BCUT2D eigenvalue weighted by Gasteiger charge is 2.08. The van der Waals surface area contributed by atoms with Crippen LogP contribution in [0.3, 0.4) is 0 Å². The van der Waals surface area contributed by atoms with Gasteiger partial charge in [0.2, 0.25) is 0 Å². The highest BCUT2D eigenvalue weighted by Crippen LogP contribution is 2.16. The van der Waals surface area contributed by atoms with Crippen molar-refractivity contribution in [1.29, 1.82) is 0 Å². The van der Waals surface area contributed by atoms with Crippen LogP contribution in [0.5, 0.6) is 0 Å². The van der Waals surface area contributed by atoms with Crippen LogP contribution in [0.15, 0.2) is 23.4 Å². The third-order valence-corrected chi connectivity index (χ3v) is 1.33. The van der Waals surface area contributed by atoms with E-state index < -0.39 is 6.10 Å². The lowest BCUT2D eigenvalue weighted by Crippen LogP contribution is -1.91. The summed E-state index contributed by atoms with van der Waals surface area (Å²) in [4.78, 5) is 0. The maximum atomic E-state index is 9.18. The van der Waals surface area contributed by atoms with Crippen molar-refractivity contribution >= 4 is 0 Å². The van der Waals surface area contributed by atoms with Crippen LogP contribution in [0, 0.1) is 6.92 Å². The Morgan fingerprint density at radius 2 is 2.60 bits per heavy atom. The number of nitrogens with zero attached hydrogens (tertiary/aromatic N) is 1. The second-order valence-corrected chi connectivity index (χ2v) is 2.02. The minimum absolute atomic E-state index is 0.632. The van der Waals surface area contributed by atoms with Gasteiger partial charge < -0.3 is 9.63 Å². The second kappa shape index (κ2) is 2.66. The lowest BCUT2D eigenvalue weighted by molar-refractivity contribution is 0.226. The smallest absolute Gasteiger partial charge is 0.139 e. The van der Waals surface area contributed by atoms with E-state index in [2.05, 4.69) is 11.7 Å². The molecule has 1 atom stereocenters. The molecule has 0 saturated carbocycles. The van der Waals surface area contributed by atoms with Gasteiger partial charge in [-0.05, 0) is 6.92 Å². The van der Waals surface area contributed by atoms with Crippen LogP contribution in [-0.4, -0.2) is 10.3 Å². The molecule has 10 heavy (non-hydrogen) atoms. The van der Waals surface area contributed by atoms with Crippen molar-refractivity contribution in [1.82, 2.24) is 5.16 Å². The van der Waals surface area contributed by atoms with Gasteiger partial charge in [-0.15, -0.1) is 6.58 Å². The zero-order chi connectivity index (χ0) is 7.56. The summed E-state index contributed by atoms with van der Waals surface area (Å²) in [7, 11) is 0. The number of aryl methyl sites for hydroxylation is 1. The molecule has 3 heteroatoms. The Kier molecular flexibility index (Phi) is 1.87. The number of hydrogen-bond donors (Lipinski definition) is 1. The zero-order valence-corrected chi connectivity index (χ0v) is 5.74. The minimum atomic E-state index is -0.661. The molecule has 0 aliphatic rings. The molecule has 3 nitrogen and oxygen atoms in total. The summed E-state index contributed by atoms with van der Waals surface area (Å²) < 4.78 is 4.73. The van der Waals surface area contributed by atoms with Crippen LogP contribution >= 0.6 is 0 Å². The third kappa shape index (κ3) is 1.09. The van der Waals surface area contributed by atoms with E-state index in [9.17, 15) is 5.11 Å². The topological polar surface area (TPSA) is 46.3 Å². The first-order valence-electron chi connectivity index (χ1n) is 2.97. The monoisotopic (exact) mass is 139 g/mol. The second-order valence-electron chi connectivity index (χ2n) is 2.02. The molecular weight excluding hydrogens is 130 g/mol. The van der Waals surface area contributed by atoms with Crippen LogP contribution in [0.1, 0.15) is 17.4 Å². The predicted octanol–water partition coefficient (Wildman–Crippen LogP) is 1.20. The molecule has 1 unspecified atom stereocenters. The summed E-state index contributed by atoms with van der Waals surface area (Å²) in [6.07, 6.45) is 2.26. The summed E-state index contributed by atoms with van der Waals surface area (Å²) >= 11 is 0. The molecule has 0 aromatic carbocycles. The Morgan fingerprint density at radius 3 is 3.00 bits per heavy atom. The fourth-order valence-corrected chi connectivity index (χ4v) is 0.717. The normalized spacial score (nSPS) is 13.0. The molecule has 1 N–H and O–H groups in total. The van der Waals surface area contributed by atoms with Crippen molar-refractivity contribution in [3.63, 3.8) is 0 Å². The van der Waals surface area contributed by atoms with Gasteiger partial charge in [0.25, 0.3) is 0 Å². The van der Waals surface area contributed by atoms with Crippen molar-refractivity contribution in [3.05, 3.63) is 30.2 Å². The van der Waals surface area contributed by atoms with Crippen molar-refractivity contribution in [3.8, 4) is 0 Å². The highest BCUT2D eigenvalue weighted by atomic mass is 16.5. The lowest BCUT2D eigenvalue weighted by Gasteiger charge is -1.99. The van der Waals surface area contributed by atoms with Crippen molar-refractivity contribution < 1.29 is 9.63 Å². The van der Waals surface area contributed by atoms with E-state index in [4.69, 9.17) is 4.52 Å². The van der Waals surface area contributed by atoms with Crippen molar-refractivity contribution in [2.75, 3.05) is 0 Å². The molecule has 0 spiro atoms. The van der Waals surface area contributed by atoms with E-state index in [1.54, 1.807) is 6.92 Å². The Hall–Kier alpha value is -1.09. The fourth-order valence-electron chi connectivity index (χ4n) is 0.717. The maximum absolute atomic E-state index is 9.18. The molecule has 1 aromatic heterocycles. The molecule has 0 amide bonds.